The van der Waals surface area contributed by atoms with E-state index in [0.717, 1.165) is 23.3 Å². The van der Waals surface area contributed by atoms with Crippen molar-refractivity contribution < 1.29 is 9.47 Å². The fraction of sp³-hybridized carbons (Fsp3) is 0.286. The first kappa shape index (κ1) is 18.6. The lowest BCUT2D eigenvalue weighted by Crippen LogP contribution is -2.03. The van der Waals surface area contributed by atoms with Gasteiger partial charge in [-0.25, -0.2) is 0 Å². The molecule has 0 amide bonds. The van der Waals surface area contributed by atoms with Gasteiger partial charge in [0.2, 0.25) is 0 Å². The zero-order chi connectivity index (χ0) is 19.1. The molecule has 0 saturated carbocycles. The van der Waals surface area contributed by atoms with Crippen LogP contribution < -0.4 is 9.47 Å². The van der Waals surface area contributed by atoms with Crippen LogP contribution in [0.5, 0.6) is 11.5 Å². The van der Waals surface area contributed by atoms with E-state index in [0.29, 0.717) is 24.1 Å². The standard InChI is InChI=1S/C21H24N4O2/c1-16(2)11-12-27-19-10-9-17(13-20(19)26-3)14-23-25-15-22-24-21(25)18-7-5-4-6-8-18/h4-10,13-16H,11-12H2,1-3H3/b23-14-. The summed E-state index contributed by atoms with van der Waals surface area (Å²) in [5.41, 5.74) is 1.86. The van der Waals surface area contributed by atoms with Crippen molar-refractivity contribution >= 4 is 6.21 Å². The van der Waals surface area contributed by atoms with Crippen LogP contribution in [0.2, 0.25) is 0 Å². The van der Waals surface area contributed by atoms with Crippen LogP contribution in [0.4, 0.5) is 0 Å². The molecule has 2 aromatic carbocycles. The highest BCUT2D eigenvalue weighted by atomic mass is 16.5. The van der Waals surface area contributed by atoms with Gasteiger partial charge in [0.05, 0.1) is 19.9 Å². The summed E-state index contributed by atoms with van der Waals surface area (Å²) in [5.74, 6) is 2.72. The zero-order valence-electron chi connectivity index (χ0n) is 15.9. The van der Waals surface area contributed by atoms with E-state index in [4.69, 9.17) is 9.47 Å². The molecule has 1 aromatic heterocycles. The molecule has 0 saturated heterocycles. The Morgan fingerprint density at radius 3 is 2.67 bits per heavy atom. The molecule has 3 aromatic rings. The van der Waals surface area contributed by atoms with Gasteiger partial charge < -0.3 is 9.47 Å². The first-order chi connectivity index (χ1) is 13.2. The molecule has 1 heterocycles. The summed E-state index contributed by atoms with van der Waals surface area (Å²) < 4.78 is 12.9. The maximum absolute atomic E-state index is 5.83. The minimum absolute atomic E-state index is 0.602. The van der Waals surface area contributed by atoms with Crippen molar-refractivity contribution in [3.05, 3.63) is 60.4 Å². The maximum atomic E-state index is 5.83. The monoisotopic (exact) mass is 364 g/mol. The summed E-state index contributed by atoms with van der Waals surface area (Å²) >= 11 is 0. The smallest absolute Gasteiger partial charge is 0.184 e. The summed E-state index contributed by atoms with van der Waals surface area (Å²) in [4.78, 5) is 0. The number of hydrogen-bond acceptors (Lipinski definition) is 5. The fourth-order valence-electron chi connectivity index (χ4n) is 2.51. The van der Waals surface area contributed by atoms with E-state index >= 15 is 0 Å². The average molecular weight is 364 g/mol. The molecule has 0 spiro atoms. The molecule has 6 nitrogen and oxygen atoms in total. The summed E-state index contributed by atoms with van der Waals surface area (Å²) in [6.45, 7) is 5.02. The van der Waals surface area contributed by atoms with Gasteiger partial charge in [-0.2, -0.15) is 9.78 Å². The molecule has 140 valence electrons. The second-order valence-corrected chi connectivity index (χ2v) is 6.55. The van der Waals surface area contributed by atoms with Crippen LogP contribution in [0.3, 0.4) is 0 Å². The van der Waals surface area contributed by atoms with Crippen molar-refractivity contribution in [1.82, 2.24) is 14.9 Å². The Bertz CT molecular complexity index is 888. The topological polar surface area (TPSA) is 61.5 Å². The van der Waals surface area contributed by atoms with E-state index in [1.54, 1.807) is 24.3 Å². The number of methoxy groups -OCH3 is 1. The van der Waals surface area contributed by atoms with Crippen molar-refractivity contribution in [3.8, 4) is 22.9 Å². The van der Waals surface area contributed by atoms with E-state index in [2.05, 4.69) is 29.1 Å². The van der Waals surface area contributed by atoms with Crippen LogP contribution in [-0.4, -0.2) is 34.8 Å². The molecule has 27 heavy (non-hydrogen) atoms. The summed E-state index contributed by atoms with van der Waals surface area (Å²) in [7, 11) is 1.64. The average Bonchev–Trinajstić information content (AvgIpc) is 3.16. The van der Waals surface area contributed by atoms with Gasteiger partial charge in [-0.3, -0.25) is 0 Å². The van der Waals surface area contributed by atoms with Crippen LogP contribution in [0.15, 0.2) is 60.0 Å². The first-order valence-corrected chi connectivity index (χ1v) is 8.98. The van der Waals surface area contributed by atoms with Crippen LogP contribution in [0, 0.1) is 5.92 Å². The van der Waals surface area contributed by atoms with Gasteiger partial charge in [0.15, 0.2) is 17.3 Å². The summed E-state index contributed by atoms with van der Waals surface area (Å²) in [5, 5.41) is 12.6. The second-order valence-electron chi connectivity index (χ2n) is 6.55. The molecule has 0 bridgehead atoms. The minimum Gasteiger partial charge on any atom is -0.493 e. The Kier molecular flexibility index (Phi) is 6.20. The lowest BCUT2D eigenvalue weighted by Gasteiger charge is -2.12. The molecule has 6 heteroatoms. The molecular weight excluding hydrogens is 340 g/mol. The van der Waals surface area contributed by atoms with Crippen molar-refractivity contribution in [2.75, 3.05) is 13.7 Å². The van der Waals surface area contributed by atoms with Crippen molar-refractivity contribution in [2.45, 2.75) is 20.3 Å². The fourth-order valence-corrected chi connectivity index (χ4v) is 2.51. The van der Waals surface area contributed by atoms with Gasteiger partial charge >= 0.3 is 0 Å². The number of rotatable bonds is 8. The molecule has 0 unspecified atom stereocenters. The van der Waals surface area contributed by atoms with Crippen LogP contribution in [0.1, 0.15) is 25.8 Å². The van der Waals surface area contributed by atoms with E-state index in [1.165, 1.54) is 0 Å². The Balaban J connectivity index is 1.75. The van der Waals surface area contributed by atoms with Gasteiger partial charge in [-0.05, 0) is 36.1 Å². The van der Waals surface area contributed by atoms with E-state index in [9.17, 15) is 0 Å². The third kappa shape index (κ3) is 4.94. The Morgan fingerprint density at radius 1 is 1.11 bits per heavy atom. The van der Waals surface area contributed by atoms with Crippen LogP contribution in [-0.2, 0) is 0 Å². The molecule has 0 radical (unpaired) electrons. The lowest BCUT2D eigenvalue weighted by atomic mass is 10.1. The van der Waals surface area contributed by atoms with Crippen molar-refractivity contribution in [3.63, 3.8) is 0 Å². The van der Waals surface area contributed by atoms with Gasteiger partial charge in [-0.15, -0.1) is 10.2 Å². The summed E-state index contributed by atoms with van der Waals surface area (Å²) in [6.07, 6.45) is 4.33. The van der Waals surface area contributed by atoms with Crippen molar-refractivity contribution in [1.29, 1.82) is 0 Å². The maximum Gasteiger partial charge on any atom is 0.184 e. The number of nitrogens with zero attached hydrogens (tertiary/aromatic N) is 4. The number of benzene rings is 2. The van der Waals surface area contributed by atoms with Gasteiger partial charge in [0.1, 0.15) is 6.33 Å². The predicted octanol–water partition coefficient (Wildman–Crippen LogP) is 4.26. The third-order valence-corrected chi connectivity index (χ3v) is 4.03. The quantitative estimate of drug-likeness (QED) is 0.560. The Morgan fingerprint density at radius 2 is 1.93 bits per heavy atom. The number of ether oxygens (including phenoxy) is 2. The lowest BCUT2D eigenvalue weighted by molar-refractivity contribution is 0.273. The number of aromatic nitrogens is 3. The number of hydrogen-bond donors (Lipinski definition) is 0. The van der Waals surface area contributed by atoms with Crippen LogP contribution >= 0.6 is 0 Å². The SMILES string of the molecule is COc1cc(/C=N\n2cnnc2-c2ccccc2)ccc1OCCC(C)C. The molecule has 0 aliphatic rings. The highest BCUT2D eigenvalue weighted by Gasteiger charge is 2.07. The molecule has 0 fully saturated rings. The van der Waals surface area contributed by atoms with Crippen LogP contribution in [0.25, 0.3) is 11.4 Å². The molecule has 0 N–H and O–H groups in total. The Hall–Kier alpha value is -3.15. The molecular formula is C21H24N4O2. The highest BCUT2D eigenvalue weighted by Crippen LogP contribution is 2.28. The second kappa shape index (κ2) is 8.98. The van der Waals surface area contributed by atoms with Gasteiger partial charge in [0, 0.05) is 5.56 Å². The molecule has 0 aliphatic carbocycles. The summed E-state index contributed by atoms with van der Waals surface area (Å²) in [6, 6.07) is 15.6. The first-order valence-electron chi connectivity index (χ1n) is 8.98. The third-order valence-electron chi connectivity index (χ3n) is 4.03. The molecule has 3 rings (SSSR count). The normalized spacial score (nSPS) is 11.3. The predicted molar refractivity (Wildman–Crippen MR) is 106 cm³/mol. The minimum atomic E-state index is 0.602. The molecule has 0 atom stereocenters. The van der Waals surface area contributed by atoms with E-state index < -0.39 is 0 Å². The Labute approximate surface area is 159 Å². The van der Waals surface area contributed by atoms with Gasteiger partial charge in [-0.1, -0.05) is 44.2 Å². The highest BCUT2D eigenvalue weighted by molar-refractivity contribution is 5.81. The zero-order valence-corrected chi connectivity index (χ0v) is 15.9. The van der Waals surface area contributed by atoms with E-state index in [-0.39, 0.29) is 0 Å². The van der Waals surface area contributed by atoms with Gasteiger partial charge in [0.25, 0.3) is 0 Å². The molecule has 0 aliphatic heterocycles. The van der Waals surface area contributed by atoms with Crippen molar-refractivity contribution in [2.24, 2.45) is 11.0 Å². The van der Waals surface area contributed by atoms with E-state index in [1.807, 2.05) is 48.5 Å². The largest absolute Gasteiger partial charge is 0.493 e.